The predicted molar refractivity (Wildman–Crippen MR) is 280 cm³/mol. The van der Waals surface area contributed by atoms with Crippen LogP contribution in [0, 0.1) is 0 Å². The van der Waals surface area contributed by atoms with Gasteiger partial charge in [-0.05, 0) is 86.5 Å². The number of fused-ring (bicyclic) bond motifs is 9. The number of hydrogen-bond donors (Lipinski definition) is 0. The Morgan fingerprint density at radius 1 is 0.348 bits per heavy atom. The second-order valence-electron chi connectivity index (χ2n) is 17.9. The highest BCUT2D eigenvalue weighted by Gasteiger charge is 2.49. The number of hydrogen-bond acceptors (Lipinski definition) is 4. The van der Waals surface area contributed by atoms with E-state index < -0.39 is 5.41 Å². The second-order valence-corrected chi connectivity index (χ2v) is 17.9. The second kappa shape index (κ2) is 15.4. The lowest BCUT2D eigenvalue weighted by Crippen LogP contribution is -2.31. The van der Waals surface area contributed by atoms with Gasteiger partial charge in [-0.15, -0.1) is 0 Å². The van der Waals surface area contributed by atoms with Crippen LogP contribution in [0.15, 0.2) is 247 Å². The summed E-state index contributed by atoms with van der Waals surface area (Å²) in [4.78, 5) is 16.8. The minimum atomic E-state index is -0.854. The van der Waals surface area contributed by atoms with Crippen LogP contribution < -0.4 is 0 Å². The summed E-state index contributed by atoms with van der Waals surface area (Å²) in [6.45, 7) is 0. The summed E-state index contributed by atoms with van der Waals surface area (Å²) in [7, 11) is 0. The summed E-state index contributed by atoms with van der Waals surface area (Å²) in [5, 5.41) is 4.37. The van der Waals surface area contributed by atoms with Crippen molar-refractivity contribution < 1.29 is 4.42 Å². The highest BCUT2D eigenvalue weighted by molar-refractivity contribution is 6.12. The fourth-order valence-electron chi connectivity index (χ4n) is 11.1. The van der Waals surface area contributed by atoms with Crippen LogP contribution in [0.25, 0.3) is 106 Å². The maximum absolute atomic E-state index is 6.46. The molecule has 0 bridgehead atoms. The van der Waals surface area contributed by atoms with Crippen molar-refractivity contribution in [1.82, 2.24) is 19.5 Å². The zero-order valence-corrected chi connectivity index (χ0v) is 37.3. The summed E-state index contributed by atoms with van der Waals surface area (Å²) in [6, 6.07) is 86.1. The van der Waals surface area contributed by atoms with E-state index in [1.165, 1.54) is 33.0 Å². The van der Waals surface area contributed by atoms with E-state index in [2.05, 4.69) is 223 Å². The fourth-order valence-corrected chi connectivity index (χ4v) is 11.1. The molecule has 1 aliphatic rings. The van der Waals surface area contributed by atoms with Gasteiger partial charge in [0.1, 0.15) is 16.6 Å². The molecule has 10 aromatic carbocycles. The molecule has 0 spiro atoms. The molecule has 14 rings (SSSR count). The zero-order chi connectivity index (χ0) is 45.5. The van der Waals surface area contributed by atoms with Crippen molar-refractivity contribution >= 4 is 43.7 Å². The van der Waals surface area contributed by atoms with Crippen LogP contribution in [0.2, 0.25) is 0 Å². The maximum atomic E-state index is 6.46. The van der Waals surface area contributed by atoms with Crippen LogP contribution in [0.3, 0.4) is 0 Å². The van der Waals surface area contributed by atoms with E-state index in [4.69, 9.17) is 19.4 Å². The number of furan rings is 1. The third kappa shape index (κ3) is 6.00. The number of rotatable bonds is 7. The molecular weight excluding hydrogens is 841 g/mol. The Kier molecular flexibility index (Phi) is 8.73. The Bertz CT molecular complexity index is 4090. The molecule has 0 saturated heterocycles. The van der Waals surface area contributed by atoms with Gasteiger partial charge in [-0.1, -0.05) is 206 Å². The quantitative estimate of drug-likeness (QED) is 0.160. The first-order chi connectivity index (χ1) is 34.2. The summed E-state index contributed by atoms with van der Waals surface area (Å²) in [5.41, 5.74) is 16.2. The first-order valence-corrected chi connectivity index (χ1v) is 23.4. The molecule has 3 heterocycles. The summed E-state index contributed by atoms with van der Waals surface area (Å²) in [5.74, 6) is 1.81. The van der Waals surface area contributed by atoms with E-state index in [0.717, 1.165) is 77.6 Å². The van der Waals surface area contributed by atoms with E-state index in [-0.39, 0.29) is 0 Å². The number of aromatic nitrogens is 4. The van der Waals surface area contributed by atoms with Crippen molar-refractivity contribution in [1.29, 1.82) is 0 Å². The van der Waals surface area contributed by atoms with Gasteiger partial charge in [0.05, 0.1) is 11.0 Å². The van der Waals surface area contributed by atoms with Crippen molar-refractivity contribution in [3.05, 3.63) is 265 Å². The summed E-state index contributed by atoms with van der Waals surface area (Å²) < 4.78 is 8.84. The van der Waals surface area contributed by atoms with Gasteiger partial charge in [-0.2, -0.15) is 0 Å². The third-order valence-electron chi connectivity index (χ3n) is 14.1. The standard InChI is InChI=1S/C64H40N4O/c1-3-17-41(18-4-1)42-33-35-43(36-34-42)44-37-38-51-50-25-9-13-30-56(50)68(57(51)40-44)47-22-15-19-45(39-47)61-65-62(53-27-16-32-59-60(53)52-26-10-14-31-58(52)69-59)67-63(66-61)64(46-20-5-2-6-21-46)54-28-11-7-23-48(54)49-24-8-12-29-55(49)64/h1-40H. The monoisotopic (exact) mass is 880 g/mol. The molecule has 0 saturated carbocycles. The van der Waals surface area contributed by atoms with Crippen molar-refractivity contribution in [2.45, 2.75) is 5.41 Å². The van der Waals surface area contributed by atoms with Gasteiger partial charge in [0.25, 0.3) is 0 Å². The fraction of sp³-hybridized carbons (Fsp3) is 0.0156. The molecule has 5 heteroatoms. The molecule has 13 aromatic rings. The van der Waals surface area contributed by atoms with Crippen molar-refractivity contribution in [3.8, 4) is 61.8 Å². The zero-order valence-electron chi connectivity index (χ0n) is 37.3. The highest BCUT2D eigenvalue weighted by Crippen LogP contribution is 2.55. The predicted octanol–water partition coefficient (Wildman–Crippen LogP) is 15.9. The van der Waals surface area contributed by atoms with Gasteiger partial charge in [0, 0.05) is 38.4 Å². The lowest BCUT2D eigenvalue weighted by Gasteiger charge is -2.32. The molecule has 0 unspecified atom stereocenters. The van der Waals surface area contributed by atoms with E-state index in [9.17, 15) is 0 Å². The van der Waals surface area contributed by atoms with Gasteiger partial charge < -0.3 is 8.98 Å². The minimum Gasteiger partial charge on any atom is -0.456 e. The van der Waals surface area contributed by atoms with Gasteiger partial charge >= 0.3 is 0 Å². The molecule has 0 atom stereocenters. The molecule has 0 aliphatic heterocycles. The highest BCUT2D eigenvalue weighted by atomic mass is 16.3. The molecular formula is C64H40N4O. The van der Waals surface area contributed by atoms with Gasteiger partial charge in [0.15, 0.2) is 17.5 Å². The summed E-state index contributed by atoms with van der Waals surface area (Å²) in [6.07, 6.45) is 0. The topological polar surface area (TPSA) is 56.7 Å². The van der Waals surface area contributed by atoms with E-state index >= 15 is 0 Å². The molecule has 0 amide bonds. The number of benzene rings is 10. The molecule has 322 valence electrons. The molecule has 3 aromatic heterocycles. The largest absolute Gasteiger partial charge is 0.456 e. The summed E-state index contributed by atoms with van der Waals surface area (Å²) >= 11 is 0. The van der Waals surface area contributed by atoms with Crippen molar-refractivity contribution in [2.24, 2.45) is 0 Å². The Hall–Kier alpha value is -9.19. The molecule has 0 radical (unpaired) electrons. The van der Waals surface area contributed by atoms with Gasteiger partial charge in [0.2, 0.25) is 0 Å². The van der Waals surface area contributed by atoms with Gasteiger partial charge in [-0.3, -0.25) is 0 Å². The molecule has 5 nitrogen and oxygen atoms in total. The van der Waals surface area contributed by atoms with Gasteiger partial charge in [-0.25, -0.2) is 15.0 Å². The first-order valence-electron chi connectivity index (χ1n) is 23.4. The minimum absolute atomic E-state index is 0.578. The van der Waals surface area contributed by atoms with Crippen molar-refractivity contribution in [2.75, 3.05) is 0 Å². The molecule has 1 aliphatic carbocycles. The first kappa shape index (κ1) is 39.0. The SMILES string of the molecule is c1ccc(-c2ccc(-c3ccc4c5ccccc5n(-c5cccc(-c6nc(-c7cccc8oc9ccccc9c78)nc(C7(c8ccccc8)c8ccccc8-c8ccccc87)n6)c5)c4c3)cc2)cc1. The average molecular weight is 881 g/mol. The van der Waals surface area contributed by atoms with Crippen LogP contribution in [0.1, 0.15) is 22.5 Å². The number of para-hydroxylation sites is 2. The smallest absolute Gasteiger partial charge is 0.164 e. The molecule has 69 heavy (non-hydrogen) atoms. The lowest BCUT2D eigenvalue weighted by molar-refractivity contribution is 0.669. The van der Waals surface area contributed by atoms with Crippen LogP contribution >= 0.6 is 0 Å². The van der Waals surface area contributed by atoms with Crippen LogP contribution in [0.5, 0.6) is 0 Å². The lowest BCUT2D eigenvalue weighted by atomic mass is 9.71. The Labute approximate surface area is 398 Å². The maximum Gasteiger partial charge on any atom is 0.164 e. The molecule has 0 fully saturated rings. The van der Waals surface area contributed by atoms with Crippen LogP contribution in [-0.2, 0) is 5.41 Å². The average Bonchev–Trinajstić information content (AvgIpc) is 4.08. The number of nitrogens with zero attached hydrogens (tertiary/aromatic N) is 4. The van der Waals surface area contributed by atoms with Crippen LogP contribution in [0.4, 0.5) is 0 Å². The van der Waals surface area contributed by atoms with E-state index in [0.29, 0.717) is 17.5 Å². The Balaban J connectivity index is 1.00. The Morgan fingerprint density at radius 2 is 0.899 bits per heavy atom. The molecule has 0 N–H and O–H groups in total. The normalized spacial score (nSPS) is 12.8. The third-order valence-corrected chi connectivity index (χ3v) is 14.1. The van der Waals surface area contributed by atoms with Crippen LogP contribution in [-0.4, -0.2) is 19.5 Å². The van der Waals surface area contributed by atoms with Crippen molar-refractivity contribution in [3.63, 3.8) is 0 Å². The Morgan fingerprint density at radius 3 is 1.68 bits per heavy atom. The van der Waals surface area contributed by atoms with E-state index in [1.54, 1.807) is 0 Å². The van der Waals surface area contributed by atoms with E-state index in [1.807, 2.05) is 24.3 Å².